The van der Waals surface area contributed by atoms with E-state index in [-0.39, 0.29) is 12.3 Å². The molecule has 0 saturated heterocycles. The number of hydrogen-bond acceptors (Lipinski definition) is 5. The lowest BCUT2D eigenvalue weighted by molar-refractivity contribution is -0.121. The van der Waals surface area contributed by atoms with Gasteiger partial charge in [-0.25, -0.2) is 0 Å². The Balaban J connectivity index is 1.52. The highest BCUT2D eigenvalue weighted by molar-refractivity contribution is 6.30. The number of carbonyl (C=O) groups is 1. The van der Waals surface area contributed by atoms with Gasteiger partial charge in [0.25, 0.3) is 0 Å². The van der Waals surface area contributed by atoms with Crippen LogP contribution >= 0.6 is 11.6 Å². The number of furan rings is 1. The van der Waals surface area contributed by atoms with Crippen LogP contribution in [0.3, 0.4) is 0 Å². The fourth-order valence-electron chi connectivity index (χ4n) is 2.01. The van der Waals surface area contributed by atoms with Crippen molar-refractivity contribution in [3.63, 3.8) is 0 Å². The molecule has 0 atom stereocenters. The summed E-state index contributed by atoms with van der Waals surface area (Å²) >= 11 is 5.93. The molecule has 0 saturated carbocycles. The van der Waals surface area contributed by atoms with Crippen molar-refractivity contribution in [1.82, 2.24) is 15.5 Å². The van der Waals surface area contributed by atoms with Crippen LogP contribution in [0.2, 0.25) is 5.02 Å². The molecule has 0 bridgehead atoms. The fourth-order valence-corrected chi connectivity index (χ4v) is 2.20. The second-order valence-corrected chi connectivity index (χ2v) is 5.31. The van der Waals surface area contributed by atoms with Gasteiger partial charge in [-0.2, -0.15) is 4.98 Å². The van der Waals surface area contributed by atoms with Crippen LogP contribution in [0.5, 0.6) is 0 Å². The smallest absolute Gasteiger partial charge is 0.227 e. The van der Waals surface area contributed by atoms with Crippen LogP contribution in [0.25, 0.3) is 11.4 Å². The highest BCUT2D eigenvalue weighted by Gasteiger charge is 2.11. The number of carbonyl (C=O) groups excluding carboxylic acids is 1. The van der Waals surface area contributed by atoms with Crippen LogP contribution in [-0.4, -0.2) is 16.0 Å². The Kier molecular flexibility index (Phi) is 4.73. The third kappa shape index (κ3) is 4.20. The highest BCUT2D eigenvalue weighted by Crippen LogP contribution is 2.20. The van der Waals surface area contributed by atoms with Gasteiger partial charge in [0.2, 0.25) is 17.6 Å². The maximum absolute atomic E-state index is 11.8. The molecule has 7 heteroatoms. The summed E-state index contributed by atoms with van der Waals surface area (Å²) in [6.45, 7) is 0.365. The third-order valence-corrected chi connectivity index (χ3v) is 3.39. The summed E-state index contributed by atoms with van der Waals surface area (Å²) in [5, 5.41) is 7.26. The summed E-state index contributed by atoms with van der Waals surface area (Å²) in [7, 11) is 0. The molecule has 3 rings (SSSR count). The molecule has 0 aliphatic rings. The molecule has 0 unspecified atom stereocenters. The third-order valence-electron chi connectivity index (χ3n) is 3.16. The molecule has 23 heavy (non-hydrogen) atoms. The monoisotopic (exact) mass is 331 g/mol. The van der Waals surface area contributed by atoms with Gasteiger partial charge in [0, 0.05) is 23.4 Å². The van der Waals surface area contributed by atoms with Crippen LogP contribution in [-0.2, 0) is 17.8 Å². The molecule has 118 valence electrons. The molecule has 0 aliphatic heterocycles. The fraction of sp³-hybridized carbons (Fsp3) is 0.188. The molecular formula is C16H14ClN3O3. The second kappa shape index (κ2) is 7.11. The average Bonchev–Trinajstić information content (AvgIpc) is 3.22. The Morgan fingerprint density at radius 2 is 2.17 bits per heavy atom. The van der Waals surface area contributed by atoms with Crippen molar-refractivity contribution in [3.05, 3.63) is 59.3 Å². The topological polar surface area (TPSA) is 81.2 Å². The van der Waals surface area contributed by atoms with Crippen LogP contribution in [0.4, 0.5) is 0 Å². The molecule has 2 heterocycles. The first-order valence-corrected chi connectivity index (χ1v) is 7.46. The number of nitrogens with one attached hydrogen (secondary N) is 1. The van der Waals surface area contributed by atoms with Gasteiger partial charge in [0.05, 0.1) is 12.8 Å². The molecule has 0 radical (unpaired) electrons. The summed E-state index contributed by atoms with van der Waals surface area (Å²) in [6, 6.07) is 10.8. The normalized spacial score (nSPS) is 10.7. The first-order chi connectivity index (χ1) is 11.2. The Bertz CT molecular complexity index is 783. The van der Waals surface area contributed by atoms with Crippen molar-refractivity contribution >= 4 is 17.5 Å². The van der Waals surface area contributed by atoms with Crippen LogP contribution < -0.4 is 5.32 Å². The van der Waals surface area contributed by atoms with Crippen LogP contribution in [0.1, 0.15) is 18.1 Å². The van der Waals surface area contributed by atoms with Gasteiger partial charge in [-0.15, -0.1) is 0 Å². The maximum Gasteiger partial charge on any atom is 0.227 e. The second-order valence-electron chi connectivity index (χ2n) is 4.88. The van der Waals surface area contributed by atoms with E-state index in [1.54, 1.807) is 30.5 Å². The van der Waals surface area contributed by atoms with E-state index in [0.29, 0.717) is 35.5 Å². The number of aromatic nitrogens is 2. The zero-order valence-corrected chi connectivity index (χ0v) is 12.9. The van der Waals surface area contributed by atoms with E-state index in [0.717, 1.165) is 5.56 Å². The number of halogens is 1. The Morgan fingerprint density at radius 3 is 2.96 bits per heavy atom. The largest absolute Gasteiger partial charge is 0.467 e. The predicted octanol–water partition coefficient (Wildman–Crippen LogP) is 3.23. The summed E-state index contributed by atoms with van der Waals surface area (Å²) in [4.78, 5) is 16.0. The van der Waals surface area contributed by atoms with E-state index in [2.05, 4.69) is 15.5 Å². The molecular weight excluding hydrogens is 318 g/mol. The van der Waals surface area contributed by atoms with Crippen molar-refractivity contribution < 1.29 is 13.7 Å². The van der Waals surface area contributed by atoms with Gasteiger partial charge >= 0.3 is 0 Å². The Hall–Kier alpha value is -2.60. The molecule has 2 aromatic heterocycles. The molecule has 3 aromatic rings. The minimum absolute atomic E-state index is 0.107. The molecule has 0 spiro atoms. The summed E-state index contributed by atoms with van der Waals surface area (Å²) in [5.41, 5.74) is 0.773. The number of aryl methyl sites for hydroxylation is 1. The van der Waals surface area contributed by atoms with Crippen LogP contribution in [0.15, 0.2) is 51.6 Å². The Labute approximate surface area is 137 Å². The minimum Gasteiger partial charge on any atom is -0.467 e. The number of hydrogen-bond donors (Lipinski definition) is 1. The number of benzene rings is 1. The average molecular weight is 332 g/mol. The lowest BCUT2D eigenvalue weighted by Crippen LogP contribution is -2.22. The number of amides is 1. The van der Waals surface area contributed by atoms with Crippen molar-refractivity contribution in [3.8, 4) is 11.4 Å². The molecule has 0 aliphatic carbocycles. The van der Waals surface area contributed by atoms with Crippen molar-refractivity contribution in [2.45, 2.75) is 19.4 Å². The zero-order valence-electron chi connectivity index (χ0n) is 12.2. The first-order valence-electron chi connectivity index (χ1n) is 7.08. The number of rotatable bonds is 6. The lowest BCUT2D eigenvalue weighted by Gasteiger charge is -2.01. The predicted molar refractivity (Wildman–Crippen MR) is 83.6 cm³/mol. The van der Waals surface area contributed by atoms with Crippen LogP contribution in [0, 0.1) is 0 Å². The molecule has 1 aromatic carbocycles. The maximum atomic E-state index is 11.8. The van der Waals surface area contributed by atoms with Crippen molar-refractivity contribution in [1.29, 1.82) is 0 Å². The summed E-state index contributed by atoms with van der Waals surface area (Å²) in [5.74, 6) is 1.47. The van der Waals surface area contributed by atoms with E-state index >= 15 is 0 Å². The highest BCUT2D eigenvalue weighted by atomic mass is 35.5. The van der Waals surface area contributed by atoms with Gasteiger partial charge in [-0.1, -0.05) is 28.9 Å². The quantitative estimate of drug-likeness (QED) is 0.750. The lowest BCUT2D eigenvalue weighted by atomic mass is 10.2. The molecule has 1 N–H and O–H groups in total. The minimum atomic E-state index is -0.107. The molecule has 1 amide bonds. The van der Waals surface area contributed by atoms with Gasteiger partial charge in [-0.05, 0) is 24.3 Å². The van der Waals surface area contributed by atoms with E-state index in [1.807, 2.05) is 12.1 Å². The van der Waals surface area contributed by atoms with E-state index < -0.39 is 0 Å². The van der Waals surface area contributed by atoms with E-state index in [4.69, 9.17) is 20.5 Å². The summed E-state index contributed by atoms with van der Waals surface area (Å²) < 4.78 is 10.3. The zero-order chi connectivity index (χ0) is 16.1. The molecule has 0 fully saturated rings. The Morgan fingerprint density at radius 1 is 1.26 bits per heavy atom. The van der Waals surface area contributed by atoms with Gasteiger partial charge in [0.1, 0.15) is 5.76 Å². The van der Waals surface area contributed by atoms with Crippen molar-refractivity contribution in [2.24, 2.45) is 0 Å². The standard InChI is InChI=1S/C16H14ClN3O3/c17-12-4-1-3-11(9-12)16-19-15(23-20-16)7-6-14(21)18-10-13-5-2-8-22-13/h1-5,8-9H,6-7,10H2,(H,18,21). The molecule has 6 nitrogen and oxygen atoms in total. The van der Waals surface area contributed by atoms with E-state index in [1.165, 1.54) is 0 Å². The summed E-state index contributed by atoms with van der Waals surface area (Å²) in [6.07, 6.45) is 2.20. The van der Waals surface area contributed by atoms with Gasteiger partial charge in [0.15, 0.2) is 0 Å². The van der Waals surface area contributed by atoms with Gasteiger partial charge in [-0.3, -0.25) is 4.79 Å². The van der Waals surface area contributed by atoms with Crippen molar-refractivity contribution in [2.75, 3.05) is 0 Å². The van der Waals surface area contributed by atoms with Gasteiger partial charge < -0.3 is 14.3 Å². The van der Waals surface area contributed by atoms with E-state index in [9.17, 15) is 4.79 Å². The first kappa shape index (κ1) is 15.3. The number of nitrogens with zero attached hydrogens (tertiary/aromatic N) is 2. The SMILES string of the molecule is O=C(CCc1nc(-c2cccc(Cl)c2)no1)NCc1ccco1.